The van der Waals surface area contributed by atoms with Gasteiger partial charge in [-0.05, 0) is 0 Å². The van der Waals surface area contributed by atoms with Gasteiger partial charge in [-0.2, -0.15) is 8.42 Å². The molecule has 0 aromatic heterocycles. The Morgan fingerprint density at radius 2 is 1.15 bits per heavy atom. The van der Waals surface area contributed by atoms with Crippen LogP contribution in [0, 0.1) is 0 Å². The lowest BCUT2D eigenvalue weighted by atomic mass is 10.8. The van der Waals surface area contributed by atoms with Crippen molar-refractivity contribution < 1.29 is 47.0 Å². The second-order valence-electron chi connectivity index (χ2n) is 2.49. The van der Waals surface area contributed by atoms with Crippen LogP contribution in [0.25, 0.3) is 0 Å². The molecule has 0 aliphatic rings. The Kier molecular flexibility index (Phi) is 20.5. The van der Waals surface area contributed by atoms with E-state index in [1.54, 1.807) is 0 Å². The molecule has 12 heteroatoms. The molecule has 11 nitrogen and oxygen atoms in total. The Bertz CT molecular complexity index is 253. The molecule has 20 heavy (non-hydrogen) atoms. The number of aliphatic hydroxyl groups is 3. The molecule has 0 radical (unpaired) electrons. The number of nitrogens with zero attached hydrogens (tertiary/aromatic N) is 1. The molecule has 0 bridgehead atoms. The van der Waals surface area contributed by atoms with Crippen molar-refractivity contribution in [2.24, 2.45) is 0 Å². The van der Waals surface area contributed by atoms with Crippen molar-refractivity contribution in [2.45, 2.75) is 7.43 Å². The fourth-order valence-corrected chi connectivity index (χ4v) is 0.458. The lowest BCUT2D eigenvalue weighted by molar-refractivity contribution is -0.527. The normalized spacial score (nSPS) is 10.7. The van der Waals surface area contributed by atoms with Crippen molar-refractivity contribution in [1.82, 2.24) is 5.39 Å². The molecule has 0 rings (SSSR count). The maximum atomic E-state index is 9.33. The molecule has 4 N–H and O–H groups in total. The second kappa shape index (κ2) is 16.6. The summed E-state index contributed by atoms with van der Waals surface area (Å²) in [6.07, 6.45) is 0. The highest BCUT2D eigenvalue weighted by Crippen LogP contribution is 1.93. The molecule has 0 aromatic carbocycles. The minimum absolute atomic E-state index is 0. The molecule has 126 valence electrons. The molecule has 0 heterocycles. The Morgan fingerprint density at radius 3 is 1.30 bits per heavy atom. The topological polar surface area (TPSA) is 155 Å². The zero-order valence-corrected chi connectivity index (χ0v) is 11.2. The Balaban J connectivity index is -0.000000352. The van der Waals surface area contributed by atoms with Gasteiger partial charge in [0.1, 0.15) is 0 Å². The number of hydrogen-bond donors (Lipinski definition) is 4. The molecule has 0 aliphatic carbocycles. The monoisotopic (exact) mass is 325 g/mol. The van der Waals surface area contributed by atoms with Gasteiger partial charge >= 0.3 is 10.4 Å². The zero-order valence-electron chi connectivity index (χ0n) is 10.3. The molecule has 0 amide bonds. The van der Waals surface area contributed by atoms with Gasteiger partial charge in [-0.15, -0.1) is 0 Å². The third-order valence-electron chi connectivity index (χ3n) is 1.07. The van der Waals surface area contributed by atoms with Crippen LogP contribution >= 0.6 is 0 Å². The first-order valence-corrected chi connectivity index (χ1v) is 6.32. The van der Waals surface area contributed by atoms with Crippen LogP contribution in [0.2, 0.25) is 0 Å². The summed E-state index contributed by atoms with van der Waals surface area (Å²) in [7, 11) is -3.29. The molecule has 0 unspecified atom stereocenters. The summed E-state index contributed by atoms with van der Waals surface area (Å²) in [5.41, 5.74) is 0. The predicted molar refractivity (Wildman–Crippen MR) is 66.2 cm³/mol. The van der Waals surface area contributed by atoms with Crippen LogP contribution < -0.4 is 0 Å². The number of aliphatic hydroxyl groups excluding tert-OH is 3. The van der Waals surface area contributed by atoms with Gasteiger partial charge in [-0.25, -0.2) is 14.5 Å². The molecule has 0 fully saturated rings. The van der Waals surface area contributed by atoms with Crippen molar-refractivity contribution >= 4 is 10.4 Å². The van der Waals surface area contributed by atoms with Crippen molar-refractivity contribution in [3.63, 3.8) is 0 Å². The van der Waals surface area contributed by atoms with E-state index in [1.807, 2.05) is 0 Å². The smallest absolute Gasteiger partial charge is 0.394 e. The van der Waals surface area contributed by atoms with Crippen LogP contribution in [0.4, 0.5) is 0 Å². The quantitative estimate of drug-likeness (QED) is 0.264. The van der Waals surface area contributed by atoms with E-state index in [2.05, 4.69) is 4.18 Å². The standard InChI is InChI=1S/C6H15NO6.CH4O4S.CH4/c8-1-4-11-7(12-5-2-9)13-6-3-10;1-5-6(2,3)4;/h8-10H,1-6H2;1H3,(H,2,3,4);1H4. The lowest BCUT2D eigenvalue weighted by Crippen LogP contribution is -2.28. The fraction of sp³-hybridized carbons (Fsp3) is 1.00. The average molecular weight is 325 g/mol. The first kappa shape index (κ1) is 24.6. The minimum Gasteiger partial charge on any atom is -0.394 e. The first-order chi connectivity index (χ1) is 8.91. The average Bonchev–Trinajstić information content (AvgIpc) is 2.38. The van der Waals surface area contributed by atoms with Crippen LogP contribution in [-0.2, 0) is 29.1 Å². The molecular formula is C8H23NO10S. The number of rotatable bonds is 10. The molecule has 0 atom stereocenters. The van der Waals surface area contributed by atoms with Crippen LogP contribution in [0.1, 0.15) is 7.43 Å². The van der Waals surface area contributed by atoms with E-state index in [-0.39, 0.29) is 47.1 Å². The van der Waals surface area contributed by atoms with Crippen molar-refractivity contribution in [1.29, 1.82) is 0 Å². The van der Waals surface area contributed by atoms with Gasteiger partial charge in [0.2, 0.25) is 0 Å². The molecule has 0 spiro atoms. The highest BCUT2D eigenvalue weighted by atomic mass is 32.3. The largest absolute Gasteiger partial charge is 0.397 e. The van der Waals surface area contributed by atoms with Crippen molar-refractivity contribution in [3.05, 3.63) is 0 Å². The SMILES string of the molecule is C.COS(=O)(=O)O.OCCON(OCCO)OCCO. The van der Waals surface area contributed by atoms with Crippen LogP contribution in [0.15, 0.2) is 0 Å². The summed E-state index contributed by atoms with van der Waals surface area (Å²) in [5.74, 6) is 0. The maximum absolute atomic E-state index is 9.33. The molecule has 0 aromatic rings. The fourth-order valence-electron chi connectivity index (χ4n) is 0.458. The van der Waals surface area contributed by atoms with Gasteiger partial charge in [0.05, 0.1) is 52.1 Å². The van der Waals surface area contributed by atoms with Gasteiger partial charge in [0, 0.05) is 0 Å². The third kappa shape index (κ3) is 22.7. The van der Waals surface area contributed by atoms with Gasteiger partial charge in [0.15, 0.2) is 0 Å². The highest BCUT2D eigenvalue weighted by molar-refractivity contribution is 7.80. The second-order valence-corrected chi connectivity index (χ2v) is 3.68. The Hall–Kier alpha value is -0.410. The first-order valence-electron chi connectivity index (χ1n) is 4.95. The van der Waals surface area contributed by atoms with E-state index < -0.39 is 10.4 Å². The summed E-state index contributed by atoms with van der Waals surface area (Å²) < 4.78 is 29.7. The summed E-state index contributed by atoms with van der Waals surface area (Å²) in [4.78, 5) is 14.1. The minimum atomic E-state index is -4.16. The molecule has 0 saturated carbocycles. The van der Waals surface area contributed by atoms with E-state index in [0.717, 1.165) is 7.11 Å². The lowest BCUT2D eigenvalue weighted by Gasteiger charge is -2.17. The van der Waals surface area contributed by atoms with Crippen molar-refractivity contribution in [2.75, 3.05) is 46.8 Å². The van der Waals surface area contributed by atoms with E-state index >= 15 is 0 Å². The predicted octanol–water partition coefficient (Wildman–Crippen LogP) is -1.87. The third-order valence-corrected chi connectivity index (χ3v) is 1.50. The van der Waals surface area contributed by atoms with Gasteiger partial charge in [-0.3, -0.25) is 8.74 Å². The van der Waals surface area contributed by atoms with Gasteiger partial charge in [0.25, 0.3) is 0 Å². The maximum Gasteiger partial charge on any atom is 0.397 e. The highest BCUT2D eigenvalue weighted by Gasteiger charge is 2.05. The number of hydrogen-bond acceptors (Lipinski definition) is 10. The molecular weight excluding hydrogens is 302 g/mol. The van der Waals surface area contributed by atoms with Crippen molar-refractivity contribution in [3.8, 4) is 0 Å². The van der Waals surface area contributed by atoms with E-state index in [0.29, 0.717) is 5.39 Å². The Labute approximate surface area is 118 Å². The van der Waals surface area contributed by atoms with Crippen LogP contribution in [-0.4, -0.2) is 80.4 Å². The van der Waals surface area contributed by atoms with Gasteiger partial charge < -0.3 is 15.3 Å². The van der Waals surface area contributed by atoms with Crippen LogP contribution in [0.5, 0.6) is 0 Å². The Morgan fingerprint density at radius 1 is 0.900 bits per heavy atom. The summed E-state index contributed by atoms with van der Waals surface area (Å²) >= 11 is 0. The summed E-state index contributed by atoms with van der Waals surface area (Å²) in [6, 6.07) is 0. The van der Waals surface area contributed by atoms with Crippen LogP contribution in [0.3, 0.4) is 0 Å². The zero-order chi connectivity index (χ0) is 15.1. The van der Waals surface area contributed by atoms with E-state index in [4.69, 9.17) is 34.4 Å². The van der Waals surface area contributed by atoms with E-state index in [9.17, 15) is 8.42 Å². The summed E-state index contributed by atoms with van der Waals surface area (Å²) in [5, 5.41) is 25.9. The van der Waals surface area contributed by atoms with E-state index in [1.165, 1.54) is 0 Å². The summed E-state index contributed by atoms with van der Waals surface area (Å²) in [6.45, 7) is -0.505. The van der Waals surface area contributed by atoms with Gasteiger partial charge in [-0.1, -0.05) is 7.43 Å². The molecule has 0 saturated heterocycles. The molecule has 0 aliphatic heterocycles.